The summed E-state index contributed by atoms with van der Waals surface area (Å²) in [5.74, 6) is 7.38. The molecule has 1 saturated carbocycles. The van der Waals surface area contributed by atoms with Crippen LogP contribution in [0.1, 0.15) is 33.1 Å². The van der Waals surface area contributed by atoms with E-state index < -0.39 is 0 Å². The van der Waals surface area contributed by atoms with Crippen molar-refractivity contribution in [1.29, 1.82) is 0 Å². The van der Waals surface area contributed by atoms with Crippen LogP contribution in [0, 0.1) is 23.7 Å². The zero-order valence-corrected chi connectivity index (χ0v) is 7.18. The molecule has 1 rings (SSSR count). The quantitative estimate of drug-likeness (QED) is 0.550. The van der Waals surface area contributed by atoms with Gasteiger partial charge >= 0.3 is 0 Å². The Labute approximate surface area is 68.2 Å². The van der Waals surface area contributed by atoms with Crippen molar-refractivity contribution in [3.05, 3.63) is 0 Å². The molecule has 60 valence electrons. The zero-order valence-electron chi connectivity index (χ0n) is 7.18. The highest BCUT2D eigenvalue weighted by molar-refractivity contribution is 5.81. The van der Waals surface area contributed by atoms with Crippen molar-refractivity contribution in [3.8, 4) is 11.8 Å². The molecule has 0 N–H and O–H groups in total. The molecule has 1 aliphatic carbocycles. The van der Waals surface area contributed by atoms with Gasteiger partial charge in [-0.1, -0.05) is 6.92 Å². The predicted molar refractivity (Wildman–Crippen MR) is 45.0 cm³/mol. The van der Waals surface area contributed by atoms with E-state index in [-0.39, 0.29) is 0 Å². The average Bonchev–Trinajstić information content (AvgIpc) is 2.68. The molecule has 0 amide bonds. The number of carbonyl (C=O) groups excluding carboxylic acids is 1. The Bertz CT molecular complexity index is 207. The van der Waals surface area contributed by atoms with Crippen molar-refractivity contribution in [3.63, 3.8) is 0 Å². The molecular formula is C10H14O. The van der Waals surface area contributed by atoms with Crippen molar-refractivity contribution in [2.45, 2.75) is 33.1 Å². The molecule has 1 fully saturated rings. The van der Waals surface area contributed by atoms with E-state index in [1.807, 2.05) is 6.92 Å². The van der Waals surface area contributed by atoms with Crippen LogP contribution < -0.4 is 0 Å². The lowest BCUT2D eigenvalue weighted by Gasteiger charge is -1.86. The van der Waals surface area contributed by atoms with Gasteiger partial charge in [-0.05, 0) is 19.3 Å². The van der Waals surface area contributed by atoms with Crippen LogP contribution in [-0.2, 0) is 4.79 Å². The minimum atomic E-state index is 0.341. The highest BCUT2D eigenvalue weighted by Gasteiger charge is 2.39. The minimum Gasteiger partial charge on any atom is -0.300 e. The van der Waals surface area contributed by atoms with Crippen LogP contribution >= 0.6 is 0 Å². The summed E-state index contributed by atoms with van der Waals surface area (Å²) in [6, 6.07) is 0. The SMILES string of the molecule is CCC#CC[C@@H]1C[C@H]1C(C)=O. The molecule has 0 unspecified atom stereocenters. The standard InChI is InChI=1S/C10H14O/c1-3-4-5-6-9-7-10(9)8(2)11/h9-10H,3,6-7H2,1-2H3/t9-,10+/m1/s1. The number of rotatable bonds is 2. The Kier molecular flexibility index (Phi) is 2.70. The van der Waals surface area contributed by atoms with Crippen LogP contribution in [0.2, 0.25) is 0 Å². The van der Waals surface area contributed by atoms with E-state index in [1.165, 1.54) is 0 Å². The topological polar surface area (TPSA) is 17.1 Å². The summed E-state index contributed by atoms with van der Waals surface area (Å²) in [5, 5.41) is 0. The molecule has 0 aromatic heterocycles. The summed E-state index contributed by atoms with van der Waals surface area (Å²) in [6.07, 6.45) is 2.93. The highest BCUT2D eigenvalue weighted by atomic mass is 16.1. The molecule has 0 aromatic carbocycles. The molecular weight excluding hydrogens is 136 g/mol. The molecule has 1 aliphatic rings. The van der Waals surface area contributed by atoms with Gasteiger partial charge in [0.25, 0.3) is 0 Å². The first-order chi connectivity index (χ1) is 5.25. The van der Waals surface area contributed by atoms with Crippen LogP contribution in [0.5, 0.6) is 0 Å². The first-order valence-corrected chi connectivity index (χ1v) is 4.22. The van der Waals surface area contributed by atoms with Crippen molar-refractivity contribution in [2.24, 2.45) is 11.8 Å². The minimum absolute atomic E-state index is 0.341. The summed E-state index contributed by atoms with van der Waals surface area (Å²) in [4.78, 5) is 10.8. The zero-order chi connectivity index (χ0) is 8.27. The largest absolute Gasteiger partial charge is 0.300 e. The lowest BCUT2D eigenvalue weighted by molar-refractivity contribution is -0.118. The fourth-order valence-corrected chi connectivity index (χ4v) is 1.30. The van der Waals surface area contributed by atoms with Gasteiger partial charge in [0.2, 0.25) is 0 Å². The molecule has 0 aliphatic heterocycles. The first kappa shape index (κ1) is 8.33. The third-order valence-corrected chi connectivity index (χ3v) is 2.11. The fraction of sp³-hybridized carbons (Fsp3) is 0.700. The van der Waals surface area contributed by atoms with Gasteiger partial charge in [0.15, 0.2) is 0 Å². The second kappa shape index (κ2) is 3.57. The summed E-state index contributed by atoms with van der Waals surface area (Å²) in [7, 11) is 0. The number of hydrogen-bond acceptors (Lipinski definition) is 1. The molecule has 0 saturated heterocycles. The van der Waals surface area contributed by atoms with Gasteiger partial charge in [-0.2, -0.15) is 0 Å². The molecule has 11 heavy (non-hydrogen) atoms. The Balaban J connectivity index is 2.18. The maximum atomic E-state index is 10.8. The fourth-order valence-electron chi connectivity index (χ4n) is 1.30. The molecule has 0 heterocycles. The van der Waals surface area contributed by atoms with Crippen LogP contribution in [0.25, 0.3) is 0 Å². The Morgan fingerprint density at radius 1 is 1.55 bits per heavy atom. The number of carbonyl (C=O) groups is 1. The molecule has 1 heteroatoms. The third-order valence-electron chi connectivity index (χ3n) is 2.11. The molecule has 1 nitrogen and oxygen atoms in total. The van der Waals surface area contributed by atoms with Gasteiger partial charge in [0, 0.05) is 18.8 Å². The predicted octanol–water partition coefficient (Wildman–Crippen LogP) is 2.01. The normalized spacial score (nSPS) is 27.1. The van der Waals surface area contributed by atoms with Crippen molar-refractivity contribution in [1.82, 2.24) is 0 Å². The Morgan fingerprint density at radius 2 is 2.27 bits per heavy atom. The van der Waals surface area contributed by atoms with Crippen LogP contribution in [0.4, 0.5) is 0 Å². The van der Waals surface area contributed by atoms with Gasteiger partial charge in [0.05, 0.1) is 0 Å². The van der Waals surface area contributed by atoms with Gasteiger partial charge in [0.1, 0.15) is 5.78 Å². The summed E-state index contributed by atoms with van der Waals surface area (Å²) in [5.41, 5.74) is 0. The average molecular weight is 150 g/mol. The van der Waals surface area contributed by atoms with Crippen LogP contribution in [-0.4, -0.2) is 5.78 Å². The summed E-state index contributed by atoms with van der Waals surface area (Å²) < 4.78 is 0. The van der Waals surface area contributed by atoms with Crippen LogP contribution in [0.3, 0.4) is 0 Å². The monoisotopic (exact) mass is 150 g/mol. The number of ketones is 1. The smallest absolute Gasteiger partial charge is 0.133 e. The van der Waals surface area contributed by atoms with Crippen molar-refractivity contribution >= 4 is 5.78 Å². The first-order valence-electron chi connectivity index (χ1n) is 4.22. The second-order valence-electron chi connectivity index (χ2n) is 3.12. The molecule has 2 atom stereocenters. The van der Waals surface area contributed by atoms with E-state index in [9.17, 15) is 4.79 Å². The van der Waals surface area contributed by atoms with E-state index >= 15 is 0 Å². The lowest BCUT2D eigenvalue weighted by atomic mass is 10.2. The highest BCUT2D eigenvalue weighted by Crippen LogP contribution is 2.41. The van der Waals surface area contributed by atoms with Crippen LogP contribution in [0.15, 0.2) is 0 Å². The van der Waals surface area contributed by atoms with Crippen molar-refractivity contribution in [2.75, 3.05) is 0 Å². The summed E-state index contributed by atoms with van der Waals surface area (Å²) in [6.45, 7) is 3.72. The van der Waals surface area contributed by atoms with Gasteiger partial charge in [-0.25, -0.2) is 0 Å². The van der Waals surface area contributed by atoms with Gasteiger partial charge in [-0.3, -0.25) is 4.79 Å². The maximum absolute atomic E-state index is 10.8. The van der Waals surface area contributed by atoms with E-state index in [0.717, 1.165) is 19.3 Å². The van der Waals surface area contributed by atoms with E-state index in [4.69, 9.17) is 0 Å². The number of hydrogen-bond donors (Lipinski definition) is 0. The third kappa shape index (κ3) is 2.38. The van der Waals surface area contributed by atoms with E-state index in [2.05, 4.69) is 11.8 Å². The molecule has 0 aromatic rings. The number of Topliss-reactive ketones (excluding diaryl/α,β-unsaturated/α-hetero) is 1. The Hall–Kier alpha value is -0.770. The van der Waals surface area contributed by atoms with Gasteiger partial charge in [-0.15, -0.1) is 11.8 Å². The second-order valence-corrected chi connectivity index (χ2v) is 3.12. The molecule has 0 bridgehead atoms. The lowest BCUT2D eigenvalue weighted by Crippen LogP contribution is -1.94. The Morgan fingerprint density at radius 3 is 2.73 bits per heavy atom. The summed E-state index contributed by atoms with van der Waals surface area (Å²) >= 11 is 0. The van der Waals surface area contributed by atoms with Crippen molar-refractivity contribution < 1.29 is 4.79 Å². The van der Waals surface area contributed by atoms with E-state index in [1.54, 1.807) is 6.92 Å². The maximum Gasteiger partial charge on any atom is 0.133 e. The molecule has 0 spiro atoms. The van der Waals surface area contributed by atoms with E-state index in [0.29, 0.717) is 17.6 Å². The molecule has 0 radical (unpaired) electrons. The van der Waals surface area contributed by atoms with Gasteiger partial charge < -0.3 is 0 Å².